The molecule has 158 valence electrons. The molecule has 5 heteroatoms. The third-order valence-electron chi connectivity index (χ3n) is 6.82. The second-order valence-electron chi connectivity index (χ2n) is 8.67. The van der Waals surface area contributed by atoms with E-state index in [2.05, 4.69) is 6.92 Å². The fourth-order valence-corrected chi connectivity index (χ4v) is 5.33. The van der Waals surface area contributed by atoms with Crippen LogP contribution in [0.15, 0.2) is 24.3 Å². The maximum absolute atomic E-state index is 13.2. The van der Waals surface area contributed by atoms with E-state index in [-0.39, 0.29) is 18.2 Å². The second-order valence-corrected chi connectivity index (χ2v) is 9.10. The Balaban J connectivity index is 1.76. The van der Waals surface area contributed by atoms with Gasteiger partial charge >= 0.3 is 5.97 Å². The minimum absolute atomic E-state index is 0.0332. The van der Waals surface area contributed by atoms with Crippen molar-refractivity contribution in [1.29, 1.82) is 0 Å². The number of rotatable bonds is 4. The van der Waals surface area contributed by atoms with Gasteiger partial charge in [0.2, 0.25) is 5.91 Å². The average Bonchev–Trinajstić information content (AvgIpc) is 3.19. The lowest BCUT2D eigenvalue weighted by atomic mass is 9.84. The molecule has 1 N–H and O–H groups in total. The molecular weight excluding hydrogens is 398 g/mol. The number of nitrogens with zero attached hydrogens (tertiary/aromatic N) is 1. The first-order chi connectivity index (χ1) is 14.4. The first-order valence-corrected chi connectivity index (χ1v) is 11.1. The molecule has 1 saturated carbocycles. The zero-order valence-corrected chi connectivity index (χ0v) is 18.4. The van der Waals surface area contributed by atoms with Gasteiger partial charge in [-0.25, -0.2) is 0 Å². The van der Waals surface area contributed by atoms with Crippen LogP contribution in [0, 0.1) is 19.8 Å². The molecule has 1 aliphatic heterocycles. The summed E-state index contributed by atoms with van der Waals surface area (Å²) >= 11 is 6.08. The summed E-state index contributed by atoms with van der Waals surface area (Å²) in [6.45, 7) is 5.27. The summed E-state index contributed by atoms with van der Waals surface area (Å²) in [7, 11) is 0. The van der Waals surface area contributed by atoms with Crippen LogP contribution >= 0.6 is 11.6 Å². The Morgan fingerprint density at radius 3 is 2.20 bits per heavy atom. The molecule has 4 rings (SSSR count). The van der Waals surface area contributed by atoms with E-state index in [9.17, 15) is 14.7 Å². The summed E-state index contributed by atoms with van der Waals surface area (Å²) in [6, 6.07) is 7.56. The summed E-state index contributed by atoms with van der Waals surface area (Å²) in [5.74, 6) is -0.443. The Morgan fingerprint density at radius 1 is 1.00 bits per heavy atom. The molecule has 0 unspecified atom stereocenters. The predicted molar refractivity (Wildman–Crippen MR) is 119 cm³/mol. The van der Waals surface area contributed by atoms with Crippen molar-refractivity contribution < 1.29 is 14.7 Å². The SMILES string of the molecule is Cc1c2c(c(C)c(-c3ccc(Cl)cc3)c1CC(=O)O)CN(C(=O)C1CCCCC1)C2. The largest absolute Gasteiger partial charge is 0.481 e. The monoisotopic (exact) mass is 425 g/mol. The van der Waals surface area contributed by atoms with Crippen LogP contribution in [0.25, 0.3) is 11.1 Å². The molecule has 2 aliphatic rings. The summed E-state index contributed by atoms with van der Waals surface area (Å²) in [5.41, 5.74) is 7.16. The normalized spacial score (nSPS) is 16.6. The molecule has 1 fully saturated rings. The van der Waals surface area contributed by atoms with Gasteiger partial charge in [-0.1, -0.05) is 43.0 Å². The molecule has 2 aromatic rings. The van der Waals surface area contributed by atoms with Crippen LogP contribution in [0.2, 0.25) is 5.02 Å². The van der Waals surface area contributed by atoms with Gasteiger partial charge in [-0.2, -0.15) is 0 Å². The van der Waals surface area contributed by atoms with Gasteiger partial charge in [-0.15, -0.1) is 0 Å². The molecule has 2 aromatic carbocycles. The van der Waals surface area contributed by atoms with Gasteiger partial charge < -0.3 is 10.0 Å². The van der Waals surface area contributed by atoms with Crippen LogP contribution in [-0.4, -0.2) is 21.9 Å². The lowest BCUT2D eigenvalue weighted by Crippen LogP contribution is -2.33. The number of carbonyl (C=O) groups excluding carboxylic acids is 1. The standard InChI is InChI=1S/C25H28ClNO3/c1-15-20(12-23(28)29)24(17-8-10-19(26)11-9-17)16(2)22-14-27(13-21(15)22)25(30)18-6-4-3-5-7-18/h8-11,18H,3-7,12-14H2,1-2H3,(H,28,29). The Bertz CT molecular complexity index is 991. The Morgan fingerprint density at radius 2 is 1.60 bits per heavy atom. The highest BCUT2D eigenvalue weighted by molar-refractivity contribution is 6.30. The Hall–Kier alpha value is -2.33. The van der Waals surface area contributed by atoms with Crippen LogP contribution in [0.5, 0.6) is 0 Å². The van der Waals surface area contributed by atoms with Crippen molar-refractivity contribution in [3.8, 4) is 11.1 Å². The number of benzene rings is 2. The van der Waals surface area contributed by atoms with Crippen LogP contribution in [0.1, 0.15) is 59.9 Å². The van der Waals surface area contributed by atoms with E-state index in [1.807, 2.05) is 36.1 Å². The highest BCUT2D eigenvalue weighted by atomic mass is 35.5. The smallest absolute Gasteiger partial charge is 0.307 e. The summed E-state index contributed by atoms with van der Waals surface area (Å²) < 4.78 is 0. The van der Waals surface area contributed by atoms with E-state index in [4.69, 9.17) is 11.6 Å². The van der Waals surface area contributed by atoms with Crippen molar-refractivity contribution in [2.75, 3.05) is 0 Å². The van der Waals surface area contributed by atoms with Gasteiger partial charge in [0.15, 0.2) is 0 Å². The first-order valence-electron chi connectivity index (χ1n) is 10.8. The highest BCUT2D eigenvalue weighted by Gasteiger charge is 2.33. The van der Waals surface area contributed by atoms with Crippen LogP contribution in [0.4, 0.5) is 0 Å². The molecule has 1 heterocycles. The van der Waals surface area contributed by atoms with Gasteiger partial charge in [-0.3, -0.25) is 9.59 Å². The topological polar surface area (TPSA) is 57.6 Å². The predicted octanol–water partition coefficient (Wildman–Crippen LogP) is 5.67. The number of carboxylic acids is 1. The van der Waals surface area contributed by atoms with E-state index in [0.29, 0.717) is 18.1 Å². The Labute approximate surface area is 182 Å². The molecule has 0 aromatic heterocycles. The fraction of sp³-hybridized carbons (Fsp3) is 0.440. The van der Waals surface area contributed by atoms with E-state index in [1.54, 1.807) is 0 Å². The van der Waals surface area contributed by atoms with Gasteiger partial charge in [0.25, 0.3) is 0 Å². The van der Waals surface area contributed by atoms with Gasteiger partial charge in [0.1, 0.15) is 0 Å². The van der Waals surface area contributed by atoms with Gasteiger partial charge in [0, 0.05) is 24.0 Å². The molecule has 0 bridgehead atoms. The average molecular weight is 426 g/mol. The van der Waals surface area contributed by atoms with E-state index >= 15 is 0 Å². The molecule has 1 amide bonds. The second kappa shape index (κ2) is 8.43. The first kappa shape index (κ1) is 20.9. The van der Waals surface area contributed by atoms with Crippen LogP contribution in [-0.2, 0) is 29.1 Å². The Kier molecular flexibility index (Phi) is 5.88. The van der Waals surface area contributed by atoms with Gasteiger partial charge in [0.05, 0.1) is 6.42 Å². The number of fused-ring (bicyclic) bond motifs is 1. The van der Waals surface area contributed by atoms with Crippen molar-refractivity contribution in [3.05, 3.63) is 57.1 Å². The summed E-state index contributed by atoms with van der Waals surface area (Å²) in [5, 5.41) is 10.2. The van der Waals surface area contributed by atoms with E-state index < -0.39 is 5.97 Å². The minimum atomic E-state index is -0.846. The number of aliphatic carboxylic acids is 1. The molecule has 0 saturated heterocycles. The summed E-state index contributed by atoms with van der Waals surface area (Å²) in [4.78, 5) is 26.8. The number of halogens is 1. The maximum Gasteiger partial charge on any atom is 0.307 e. The zero-order valence-electron chi connectivity index (χ0n) is 17.6. The fourth-order valence-electron chi connectivity index (χ4n) is 5.21. The third kappa shape index (κ3) is 3.85. The molecule has 0 atom stereocenters. The lowest BCUT2D eigenvalue weighted by molar-refractivity contribution is -0.137. The highest BCUT2D eigenvalue weighted by Crippen LogP contribution is 2.40. The van der Waals surface area contributed by atoms with Crippen molar-refractivity contribution in [2.24, 2.45) is 5.92 Å². The molecule has 1 aliphatic carbocycles. The number of carbonyl (C=O) groups is 2. The quantitative estimate of drug-likeness (QED) is 0.686. The maximum atomic E-state index is 13.2. The molecule has 4 nitrogen and oxygen atoms in total. The van der Waals surface area contributed by atoms with Crippen LogP contribution < -0.4 is 0 Å². The van der Waals surface area contributed by atoms with Gasteiger partial charge in [-0.05, 0) is 77.8 Å². The number of hydrogen-bond acceptors (Lipinski definition) is 2. The zero-order chi connectivity index (χ0) is 21.4. The van der Waals surface area contributed by atoms with E-state index in [0.717, 1.165) is 59.1 Å². The number of amides is 1. The molecular formula is C25H28ClNO3. The number of carboxylic acid groups (broad SMARTS) is 1. The van der Waals surface area contributed by atoms with Crippen LogP contribution in [0.3, 0.4) is 0 Å². The van der Waals surface area contributed by atoms with Crippen molar-refractivity contribution in [2.45, 2.75) is 65.5 Å². The molecule has 0 spiro atoms. The molecule has 0 radical (unpaired) electrons. The van der Waals surface area contributed by atoms with Crippen molar-refractivity contribution in [1.82, 2.24) is 4.90 Å². The third-order valence-corrected chi connectivity index (χ3v) is 7.08. The molecule has 30 heavy (non-hydrogen) atoms. The van der Waals surface area contributed by atoms with Crippen molar-refractivity contribution >= 4 is 23.5 Å². The van der Waals surface area contributed by atoms with Crippen molar-refractivity contribution in [3.63, 3.8) is 0 Å². The van der Waals surface area contributed by atoms with E-state index in [1.165, 1.54) is 12.0 Å². The summed E-state index contributed by atoms with van der Waals surface area (Å²) in [6.07, 6.45) is 5.45. The number of hydrogen-bond donors (Lipinski definition) is 1. The minimum Gasteiger partial charge on any atom is -0.481 e. The lowest BCUT2D eigenvalue weighted by Gasteiger charge is -2.26.